The number of para-hydroxylation sites is 1. The van der Waals surface area contributed by atoms with Crippen molar-refractivity contribution in [3.8, 4) is 0 Å². The molecule has 4 rings (SSSR count). The lowest BCUT2D eigenvalue weighted by atomic mass is 10.2. The summed E-state index contributed by atoms with van der Waals surface area (Å²) in [5.74, 6) is 0. The van der Waals surface area contributed by atoms with Crippen LogP contribution >= 0.6 is 11.3 Å². The molecule has 0 unspecified atom stereocenters. The van der Waals surface area contributed by atoms with E-state index in [0.29, 0.717) is 9.90 Å². The average Bonchev–Trinajstić information content (AvgIpc) is 3.22. The van der Waals surface area contributed by atoms with Crippen molar-refractivity contribution >= 4 is 38.4 Å². The van der Waals surface area contributed by atoms with Crippen LogP contribution in [0.3, 0.4) is 0 Å². The van der Waals surface area contributed by atoms with E-state index in [1.165, 1.54) is 22.6 Å². The zero-order valence-electron chi connectivity index (χ0n) is 13.8. The molecule has 0 fully saturated rings. The molecule has 1 N–H and O–H groups in total. The summed E-state index contributed by atoms with van der Waals surface area (Å²) in [6, 6.07) is 19.4. The average molecular weight is 370 g/mol. The van der Waals surface area contributed by atoms with Gasteiger partial charge >= 0.3 is 0 Å². The molecule has 128 valence electrons. The van der Waals surface area contributed by atoms with Crippen molar-refractivity contribution in [2.75, 3.05) is 16.2 Å². The first-order valence-electron chi connectivity index (χ1n) is 8.08. The summed E-state index contributed by atoms with van der Waals surface area (Å²) in [4.78, 5) is 3.24. The summed E-state index contributed by atoms with van der Waals surface area (Å²) in [5.41, 5.74) is 4.22. The van der Waals surface area contributed by atoms with E-state index in [0.717, 1.165) is 23.5 Å². The number of rotatable bonds is 4. The summed E-state index contributed by atoms with van der Waals surface area (Å²) in [5, 5.41) is 0. The predicted octanol–water partition coefficient (Wildman–Crippen LogP) is 4.55. The minimum atomic E-state index is -3.52. The number of nitrogens with zero attached hydrogens (tertiary/aromatic N) is 1. The number of benzene rings is 2. The smallest absolute Gasteiger partial charge is 0.271 e. The highest BCUT2D eigenvalue weighted by molar-refractivity contribution is 7.94. The number of hydrogen-bond donors (Lipinski definition) is 1. The van der Waals surface area contributed by atoms with Crippen LogP contribution in [0.1, 0.15) is 10.4 Å². The molecular weight excluding hydrogens is 352 g/mol. The van der Waals surface area contributed by atoms with Crippen molar-refractivity contribution in [2.24, 2.45) is 0 Å². The minimum absolute atomic E-state index is 0.336. The van der Waals surface area contributed by atoms with E-state index in [4.69, 9.17) is 0 Å². The van der Waals surface area contributed by atoms with Crippen LogP contribution in [0.2, 0.25) is 0 Å². The van der Waals surface area contributed by atoms with Gasteiger partial charge in [-0.3, -0.25) is 4.72 Å². The van der Waals surface area contributed by atoms with E-state index < -0.39 is 10.0 Å². The lowest BCUT2D eigenvalue weighted by Crippen LogP contribution is -2.14. The standard InChI is InChI=1S/C19H18N2O2S2/c1-14-6-11-19(24-14)25(22,23)20-16-7-9-17(10-8-16)21-13-12-15-4-2-3-5-18(15)21/h2-11,20H,12-13H2,1H3. The van der Waals surface area contributed by atoms with Gasteiger partial charge in [-0.15, -0.1) is 11.3 Å². The molecule has 1 aromatic heterocycles. The van der Waals surface area contributed by atoms with Gasteiger partial charge in [0, 0.05) is 28.5 Å². The molecule has 0 atom stereocenters. The Labute approximate surface area is 151 Å². The van der Waals surface area contributed by atoms with Crippen LogP contribution in [0.5, 0.6) is 0 Å². The van der Waals surface area contributed by atoms with Gasteiger partial charge < -0.3 is 4.90 Å². The van der Waals surface area contributed by atoms with Crippen molar-refractivity contribution in [2.45, 2.75) is 17.6 Å². The quantitative estimate of drug-likeness (QED) is 0.733. The molecule has 25 heavy (non-hydrogen) atoms. The monoisotopic (exact) mass is 370 g/mol. The molecule has 1 aliphatic heterocycles. The number of nitrogens with one attached hydrogen (secondary N) is 1. The molecule has 1 aliphatic rings. The molecule has 0 saturated carbocycles. The van der Waals surface area contributed by atoms with Gasteiger partial charge in [0.15, 0.2) is 0 Å². The van der Waals surface area contributed by atoms with Gasteiger partial charge in [0.05, 0.1) is 0 Å². The van der Waals surface area contributed by atoms with Gasteiger partial charge in [0.1, 0.15) is 4.21 Å². The summed E-state index contributed by atoms with van der Waals surface area (Å²) in [6.07, 6.45) is 1.03. The molecule has 6 heteroatoms. The van der Waals surface area contributed by atoms with Crippen LogP contribution in [0.4, 0.5) is 17.1 Å². The number of thiophene rings is 1. The van der Waals surface area contributed by atoms with Crippen LogP contribution < -0.4 is 9.62 Å². The summed E-state index contributed by atoms with van der Waals surface area (Å²) in [6.45, 7) is 2.84. The van der Waals surface area contributed by atoms with E-state index >= 15 is 0 Å². The molecule has 0 bridgehead atoms. The maximum absolute atomic E-state index is 12.4. The first kappa shape index (κ1) is 16.2. The van der Waals surface area contributed by atoms with E-state index in [-0.39, 0.29) is 0 Å². The molecule has 2 heterocycles. The van der Waals surface area contributed by atoms with Gasteiger partial charge in [0.2, 0.25) is 0 Å². The van der Waals surface area contributed by atoms with Crippen LogP contribution in [0.25, 0.3) is 0 Å². The Morgan fingerprint density at radius 2 is 1.76 bits per heavy atom. The van der Waals surface area contributed by atoms with Crippen LogP contribution in [0, 0.1) is 6.92 Å². The lowest BCUT2D eigenvalue weighted by molar-refractivity contribution is 0.603. The molecule has 0 saturated heterocycles. The highest BCUT2D eigenvalue weighted by Gasteiger charge is 2.20. The topological polar surface area (TPSA) is 49.4 Å². The normalized spacial score (nSPS) is 13.7. The first-order valence-corrected chi connectivity index (χ1v) is 10.4. The number of aryl methyl sites for hydroxylation is 1. The second kappa shape index (κ2) is 6.20. The molecule has 0 radical (unpaired) electrons. The van der Waals surface area contributed by atoms with Crippen LogP contribution in [-0.4, -0.2) is 15.0 Å². The fourth-order valence-corrected chi connectivity index (χ4v) is 5.42. The third-order valence-corrected chi connectivity index (χ3v) is 7.17. The zero-order chi connectivity index (χ0) is 17.4. The van der Waals surface area contributed by atoms with Gasteiger partial charge in [-0.05, 0) is 61.4 Å². The molecule has 0 spiro atoms. The maximum atomic E-state index is 12.4. The number of hydrogen-bond acceptors (Lipinski definition) is 4. The molecule has 0 aliphatic carbocycles. The Balaban J connectivity index is 1.55. The third-order valence-electron chi connectivity index (χ3n) is 4.30. The predicted molar refractivity (Wildman–Crippen MR) is 103 cm³/mol. The third kappa shape index (κ3) is 3.15. The molecular formula is C19H18N2O2S2. The van der Waals surface area contributed by atoms with Gasteiger partial charge in [-0.2, -0.15) is 0 Å². The number of fused-ring (bicyclic) bond motifs is 1. The fraction of sp³-hybridized carbons (Fsp3) is 0.158. The second-order valence-electron chi connectivity index (χ2n) is 6.05. The maximum Gasteiger partial charge on any atom is 0.271 e. The van der Waals surface area contributed by atoms with Crippen molar-refractivity contribution < 1.29 is 8.42 Å². The fourth-order valence-electron chi connectivity index (χ4n) is 3.08. The number of sulfonamides is 1. The highest BCUT2D eigenvalue weighted by atomic mass is 32.2. The Kier molecular flexibility index (Phi) is 4.01. The number of anilines is 3. The molecule has 2 aromatic carbocycles. The van der Waals surface area contributed by atoms with Gasteiger partial charge in [-0.25, -0.2) is 8.42 Å². The lowest BCUT2D eigenvalue weighted by Gasteiger charge is -2.20. The van der Waals surface area contributed by atoms with E-state index in [1.807, 2.05) is 43.3 Å². The molecule has 0 amide bonds. The summed E-state index contributed by atoms with van der Waals surface area (Å²) >= 11 is 1.27. The minimum Gasteiger partial charge on any atom is -0.341 e. The van der Waals surface area contributed by atoms with Crippen molar-refractivity contribution in [1.29, 1.82) is 0 Å². The Hall–Kier alpha value is -2.31. The Bertz CT molecular complexity index is 1010. The van der Waals surface area contributed by atoms with Crippen molar-refractivity contribution in [1.82, 2.24) is 0 Å². The molecule has 4 nitrogen and oxygen atoms in total. The van der Waals surface area contributed by atoms with Gasteiger partial charge in [0.25, 0.3) is 10.0 Å². The SMILES string of the molecule is Cc1ccc(S(=O)(=O)Nc2ccc(N3CCc4ccccc43)cc2)s1. The zero-order valence-corrected chi connectivity index (χ0v) is 15.4. The largest absolute Gasteiger partial charge is 0.341 e. The van der Waals surface area contributed by atoms with Crippen molar-refractivity contribution in [3.05, 3.63) is 71.1 Å². The highest BCUT2D eigenvalue weighted by Crippen LogP contribution is 2.34. The first-order chi connectivity index (χ1) is 12.0. The van der Waals surface area contributed by atoms with E-state index in [2.05, 4.69) is 27.8 Å². The Morgan fingerprint density at radius 3 is 2.48 bits per heavy atom. The van der Waals surface area contributed by atoms with Crippen molar-refractivity contribution in [3.63, 3.8) is 0 Å². The van der Waals surface area contributed by atoms with E-state index in [1.54, 1.807) is 6.07 Å². The Morgan fingerprint density at radius 1 is 1.00 bits per heavy atom. The van der Waals surface area contributed by atoms with Crippen LogP contribution in [-0.2, 0) is 16.4 Å². The second-order valence-corrected chi connectivity index (χ2v) is 9.24. The molecule has 3 aromatic rings. The van der Waals surface area contributed by atoms with E-state index in [9.17, 15) is 8.42 Å². The summed E-state index contributed by atoms with van der Waals surface area (Å²) < 4.78 is 27.8. The summed E-state index contributed by atoms with van der Waals surface area (Å²) in [7, 11) is -3.52. The van der Waals surface area contributed by atoms with Crippen LogP contribution in [0.15, 0.2) is 64.9 Å². The van der Waals surface area contributed by atoms with Gasteiger partial charge in [-0.1, -0.05) is 18.2 Å².